The minimum atomic E-state index is -1.96. The second-order valence-corrected chi connectivity index (χ2v) is 13.1. The molecule has 0 radical (unpaired) electrons. The van der Waals surface area contributed by atoms with Gasteiger partial charge in [0, 0.05) is 12.1 Å². The van der Waals surface area contributed by atoms with Gasteiger partial charge >= 0.3 is 0 Å². The summed E-state index contributed by atoms with van der Waals surface area (Å²) < 4.78 is 40.8. The first kappa shape index (κ1) is 38.5. The molecule has 4 aliphatic heterocycles. The van der Waals surface area contributed by atoms with E-state index in [1.54, 1.807) is 12.1 Å². The molecule has 6 rings (SSSR count). The van der Waals surface area contributed by atoms with Crippen LogP contribution < -0.4 is 9.47 Å². The van der Waals surface area contributed by atoms with Crippen LogP contribution in [0.25, 0.3) is 0 Å². The first-order valence-corrected chi connectivity index (χ1v) is 16.5. The van der Waals surface area contributed by atoms with Crippen molar-refractivity contribution < 1.29 is 94.1 Å². The average Bonchev–Trinajstić information content (AvgIpc) is 3.11. The number of ether oxygens (including phenoxy) is 7. The molecule has 3 fully saturated rings. The van der Waals surface area contributed by atoms with Gasteiger partial charge in [0.1, 0.15) is 95.7 Å². The smallest absolute Gasteiger partial charge is 0.229 e. The summed E-state index contributed by atoms with van der Waals surface area (Å²) in [5.74, 6) is -1.31. The topological polar surface area (TPSA) is 304 Å². The number of aromatic hydroxyl groups is 2. The lowest BCUT2D eigenvalue weighted by Crippen LogP contribution is -2.67. The Morgan fingerprint density at radius 3 is 1.92 bits per heavy atom. The number of phenolic OH excluding ortho intramolecular Hbond substituents is 2. The molecular weight excluding hydrogens is 700 g/mol. The fourth-order valence-electron chi connectivity index (χ4n) is 6.54. The van der Waals surface area contributed by atoms with Gasteiger partial charge in [-0.2, -0.15) is 0 Å². The fraction of sp³-hybridized carbons (Fsp3) is 0.606. The van der Waals surface area contributed by atoms with Crippen molar-refractivity contribution in [1.29, 1.82) is 0 Å². The standard InChI is InChI=1S/C33H42O19/c1-11-22(39)25(42)27(44)31(46-11)52-30-29(51-32-28(45)26(43)23(40)19(9-34)49-32)24(41)20(10-35)50-33(30)47-14-6-15(37)21-16(38)8-17(48-18(21)7-14)12-2-4-13(36)5-3-12/h2-7,11,17,19-20,22-37,39-45H,8-10H2,1H3/t11?,17?,19?,20?,22-,23+,24+,25-,26+,27?,28?,29+,30?,31-,32+,33+/m0/s1. The zero-order valence-corrected chi connectivity index (χ0v) is 27.5. The maximum atomic E-state index is 13.1. The average molecular weight is 743 g/mol. The zero-order valence-electron chi connectivity index (χ0n) is 27.5. The predicted molar refractivity (Wildman–Crippen MR) is 167 cm³/mol. The van der Waals surface area contributed by atoms with Crippen molar-refractivity contribution in [3.05, 3.63) is 47.5 Å². The largest absolute Gasteiger partial charge is 0.508 e. The summed E-state index contributed by atoms with van der Waals surface area (Å²) in [5.41, 5.74) is 0.403. The number of rotatable bonds is 9. The monoisotopic (exact) mass is 742 g/mol. The van der Waals surface area contributed by atoms with E-state index in [1.807, 2.05) is 0 Å². The van der Waals surface area contributed by atoms with Crippen LogP contribution in [0.3, 0.4) is 0 Å². The third-order valence-electron chi connectivity index (χ3n) is 9.53. The SMILES string of the molecule is CC1O[C@@H](OC2[C@H](Oc3cc(O)c4c(c3)OC(c3ccc(O)cc3)CC4=O)OC(CO)[C@@H](O)[C@H]2O[C@H]2OC(CO)[C@@H](O)[C@@H](O)C2O)C(O)[C@@H](O)[C@H]1O. The molecule has 4 heterocycles. The molecule has 0 aromatic heterocycles. The lowest BCUT2D eigenvalue weighted by Gasteiger charge is -2.48. The van der Waals surface area contributed by atoms with Crippen LogP contribution in [0.4, 0.5) is 0 Å². The molecular formula is C33H42O19. The van der Waals surface area contributed by atoms with E-state index in [9.17, 15) is 61.0 Å². The summed E-state index contributed by atoms with van der Waals surface area (Å²) in [5, 5.41) is 115. The highest BCUT2D eigenvalue weighted by Crippen LogP contribution is 2.43. The first-order valence-electron chi connectivity index (χ1n) is 16.5. The number of aliphatic hydroxyl groups is 9. The molecule has 3 saturated heterocycles. The fourth-order valence-corrected chi connectivity index (χ4v) is 6.54. The molecule has 0 amide bonds. The number of fused-ring (bicyclic) bond motifs is 1. The van der Waals surface area contributed by atoms with Gasteiger partial charge in [-0.15, -0.1) is 0 Å². The Balaban J connectivity index is 1.34. The Labute approximate surface area is 295 Å². The van der Waals surface area contributed by atoms with Gasteiger partial charge in [0.05, 0.1) is 25.7 Å². The van der Waals surface area contributed by atoms with Crippen LogP contribution in [0.15, 0.2) is 36.4 Å². The molecule has 19 nitrogen and oxygen atoms in total. The van der Waals surface area contributed by atoms with Crippen LogP contribution in [-0.4, -0.2) is 167 Å². The van der Waals surface area contributed by atoms with Gasteiger partial charge in [-0.05, 0) is 24.6 Å². The molecule has 7 unspecified atom stereocenters. The molecule has 4 aliphatic rings. The molecule has 0 saturated carbocycles. The molecule has 0 spiro atoms. The number of carbonyl (C=O) groups excluding carboxylic acids is 1. The van der Waals surface area contributed by atoms with Gasteiger partial charge in [0.25, 0.3) is 0 Å². The summed E-state index contributed by atoms with van der Waals surface area (Å²) >= 11 is 0. The van der Waals surface area contributed by atoms with Crippen molar-refractivity contribution in [3.8, 4) is 23.0 Å². The summed E-state index contributed by atoms with van der Waals surface area (Å²) in [6.07, 6.45) is -26.5. The van der Waals surface area contributed by atoms with Crippen LogP contribution in [0.1, 0.15) is 35.4 Å². The van der Waals surface area contributed by atoms with E-state index in [0.717, 1.165) is 6.07 Å². The number of Topliss-reactive ketones (excluding diaryl/α,β-unsaturated/α-hetero) is 1. The number of hydrogen-bond donors (Lipinski definition) is 11. The number of hydrogen-bond acceptors (Lipinski definition) is 19. The van der Waals surface area contributed by atoms with Gasteiger partial charge in [-0.3, -0.25) is 4.79 Å². The highest BCUT2D eigenvalue weighted by molar-refractivity contribution is 6.02. The third kappa shape index (κ3) is 7.43. The summed E-state index contributed by atoms with van der Waals surface area (Å²) in [6.45, 7) is -0.289. The molecule has 52 heavy (non-hydrogen) atoms. The van der Waals surface area contributed by atoms with Crippen LogP contribution in [0.5, 0.6) is 23.0 Å². The Bertz CT molecular complexity index is 1540. The molecule has 19 heteroatoms. The predicted octanol–water partition coefficient (Wildman–Crippen LogP) is -3.34. The summed E-state index contributed by atoms with van der Waals surface area (Å²) in [6, 6.07) is 8.26. The van der Waals surface area contributed by atoms with E-state index in [1.165, 1.54) is 25.1 Å². The van der Waals surface area contributed by atoms with Crippen molar-refractivity contribution in [3.63, 3.8) is 0 Å². The Hall–Kier alpha value is -3.25. The van der Waals surface area contributed by atoms with E-state index in [2.05, 4.69) is 0 Å². The number of carbonyl (C=O) groups is 1. The molecule has 288 valence electrons. The summed E-state index contributed by atoms with van der Waals surface area (Å²) in [4.78, 5) is 13.1. The Morgan fingerprint density at radius 1 is 0.692 bits per heavy atom. The number of phenols is 2. The van der Waals surface area contributed by atoms with Gasteiger partial charge in [0.2, 0.25) is 6.29 Å². The van der Waals surface area contributed by atoms with E-state index in [4.69, 9.17) is 33.2 Å². The van der Waals surface area contributed by atoms with Gasteiger partial charge in [-0.25, -0.2) is 0 Å². The minimum Gasteiger partial charge on any atom is -0.508 e. The highest BCUT2D eigenvalue weighted by atomic mass is 16.8. The van der Waals surface area contributed by atoms with E-state index in [-0.39, 0.29) is 29.2 Å². The van der Waals surface area contributed by atoms with Crippen LogP contribution in [0, 0.1) is 0 Å². The maximum absolute atomic E-state index is 13.1. The Morgan fingerprint density at radius 2 is 1.27 bits per heavy atom. The lowest BCUT2D eigenvalue weighted by molar-refractivity contribution is -0.383. The van der Waals surface area contributed by atoms with Crippen molar-refractivity contribution >= 4 is 5.78 Å². The van der Waals surface area contributed by atoms with E-state index in [0.29, 0.717) is 5.56 Å². The van der Waals surface area contributed by atoms with Crippen LogP contribution >= 0.6 is 0 Å². The summed E-state index contributed by atoms with van der Waals surface area (Å²) in [7, 11) is 0. The van der Waals surface area contributed by atoms with E-state index >= 15 is 0 Å². The second kappa shape index (κ2) is 15.6. The van der Waals surface area contributed by atoms with Crippen molar-refractivity contribution in [2.75, 3.05) is 13.2 Å². The molecule has 0 bridgehead atoms. The second-order valence-electron chi connectivity index (χ2n) is 13.1. The third-order valence-corrected chi connectivity index (χ3v) is 9.53. The minimum absolute atomic E-state index is 0.00436. The molecule has 11 N–H and O–H groups in total. The van der Waals surface area contributed by atoms with Crippen LogP contribution in [-0.2, 0) is 23.7 Å². The van der Waals surface area contributed by atoms with Crippen molar-refractivity contribution in [1.82, 2.24) is 0 Å². The number of benzene rings is 2. The zero-order chi connectivity index (χ0) is 37.6. The Kier molecular flexibility index (Phi) is 11.6. The normalized spacial score (nSPS) is 40.8. The molecule has 2 aromatic rings. The molecule has 0 aliphatic carbocycles. The van der Waals surface area contributed by atoms with Crippen molar-refractivity contribution in [2.24, 2.45) is 0 Å². The van der Waals surface area contributed by atoms with Gasteiger partial charge in [-0.1, -0.05) is 12.1 Å². The molecule has 2 aromatic carbocycles. The first-order chi connectivity index (χ1) is 24.7. The number of ketones is 1. The van der Waals surface area contributed by atoms with Crippen LogP contribution in [0.2, 0.25) is 0 Å². The van der Waals surface area contributed by atoms with Crippen molar-refractivity contribution in [2.45, 2.75) is 112 Å². The number of aliphatic hydroxyl groups excluding tert-OH is 9. The lowest BCUT2D eigenvalue weighted by atomic mass is 9.95. The molecule has 16 atom stereocenters. The van der Waals surface area contributed by atoms with Gasteiger partial charge in [0.15, 0.2) is 24.5 Å². The van der Waals surface area contributed by atoms with Gasteiger partial charge < -0.3 is 89.3 Å². The maximum Gasteiger partial charge on any atom is 0.229 e. The highest BCUT2D eigenvalue weighted by Gasteiger charge is 2.54. The van der Waals surface area contributed by atoms with E-state index < -0.39 is 123 Å². The quantitative estimate of drug-likeness (QED) is 0.120.